The van der Waals surface area contributed by atoms with Crippen molar-refractivity contribution in [2.45, 2.75) is 52.0 Å². The fraction of sp³-hybridized carbons (Fsp3) is 0.786. The molecular weight excluding hydrogens is 644 g/mol. The Morgan fingerprint density at radius 3 is 1.71 bits per heavy atom. The van der Waals surface area contributed by atoms with Gasteiger partial charge in [-0.15, -0.1) is 0 Å². The second-order valence-electron chi connectivity index (χ2n) is 11.7. The summed E-state index contributed by atoms with van der Waals surface area (Å²) in [5.74, 6) is -4.71. The van der Waals surface area contributed by atoms with Crippen molar-refractivity contribution in [3.8, 4) is 0 Å². The number of unbranched alkanes of at least 4 members (excludes halogenated alkanes) is 1. The summed E-state index contributed by atoms with van der Waals surface area (Å²) in [6.07, 6.45) is 3.13. The molecule has 1 aliphatic heterocycles. The van der Waals surface area contributed by atoms with Crippen LogP contribution in [-0.4, -0.2) is 173 Å². The Morgan fingerprint density at radius 2 is 1.20 bits per heavy atom. The van der Waals surface area contributed by atoms with E-state index < -0.39 is 37.0 Å². The van der Waals surface area contributed by atoms with Crippen molar-refractivity contribution in [1.29, 1.82) is 0 Å². The third-order valence-corrected chi connectivity index (χ3v) is 7.54. The summed E-state index contributed by atoms with van der Waals surface area (Å²) in [6, 6.07) is 0.0424. The standard InChI is InChI=1S/C28H50N6O10.Cu/c1-22(30-23(2)35)7-3-4-8-29-24(36)17-31-11-6-15-34(20-27(41)42,21-28(43)44)16-14-33(19-26(39)40)10-5-9-32(13-12-31)18-25(37)38;/h22H,3-21H2,1-2H3,(H5-,29,30,35,36,37,38,39,40,41,42,43,44);/p+1/t22-;/m1./s1/i;1+0. The predicted molar refractivity (Wildman–Crippen MR) is 159 cm³/mol. The van der Waals surface area contributed by atoms with Crippen LogP contribution in [0.4, 0.5) is 0 Å². The molecule has 0 bridgehead atoms. The van der Waals surface area contributed by atoms with Crippen LogP contribution in [0.1, 0.15) is 46.0 Å². The van der Waals surface area contributed by atoms with Gasteiger partial charge in [0.2, 0.25) is 11.8 Å². The van der Waals surface area contributed by atoms with Gasteiger partial charge in [0.05, 0.1) is 32.7 Å². The van der Waals surface area contributed by atoms with Crippen LogP contribution in [0.25, 0.3) is 0 Å². The van der Waals surface area contributed by atoms with Crippen molar-refractivity contribution in [3.63, 3.8) is 0 Å². The van der Waals surface area contributed by atoms with Crippen LogP contribution in [0, 0.1) is 0 Å². The van der Waals surface area contributed by atoms with Gasteiger partial charge < -0.3 is 35.5 Å². The molecule has 0 aliphatic carbocycles. The van der Waals surface area contributed by atoms with Crippen molar-refractivity contribution < 1.29 is 70.7 Å². The molecule has 1 atom stereocenters. The van der Waals surface area contributed by atoms with Crippen LogP contribution in [-0.2, 0) is 45.8 Å². The average molecular weight is 696 g/mol. The molecule has 1 fully saturated rings. The minimum absolute atomic E-state index is 0. The van der Waals surface area contributed by atoms with Crippen LogP contribution >= 0.6 is 0 Å². The molecule has 0 spiro atoms. The number of quaternary nitrogens is 1. The van der Waals surface area contributed by atoms with E-state index in [1.807, 2.05) is 11.8 Å². The molecule has 1 aliphatic rings. The average Bonchev–Trinajstić information content (AvgIpc) is 2.87. The first-order chi connectivity index (χ1) is 20.7. The second kappa shape index (κ2) is 22.6. The molecule has 1 rings (SSSR count). The maximum atomic E-state index is 12.8. The van der Waals surface area contributed by atoms with Crippen LogP contribution in [0.5, 0.6) is 0 Å². The van der Waals surface area contributed by atoms with Gasteiger partial charge in [0.15, 0.2) is 13.1 Å². The molecular formula is C28H51CuN6O10+. The number of carbonyl (C=O) groups excluding carboxylic acids is 2. The van der Waals surface area contributed by atoms with E-state index in [1.54, 1.807) is 9.80 Å². The number of amides is 2. The summed E-state index contributed by atoms with van der Waals surface area (Å²) >= 11 is 0. The number of hydrogen-bond donors (Lipinski definition) is 6. The zero-order valence-corrected chi connectivity index (χ0v) is 27.3. The van der Waals surface area contributed by atoms with E-state index in [2.05, 4.69) is 10.6 Å². The summed E-state index contributed by atoms with van der Waals surface area (Å²) in [4.78, 5) is 75.8. The van der Waals surface area contributed by atoms with Gasteiger partial charge in [0, 0.05) is 82.3 Å². The van der Waals surface area contributed by atoms with E-state index in [9.17, 15) is 49.2 Å². The number of aliphatic carboxylic acids is 4. The minimum Gasteiger partial charge on any atom is -0.480 e. The van der Waals surface area contributed by atoms with Gasteiger partial charge in [-0.25, -0.2) is 9.59 Å². The van der Waals surface area contributed by atoms with Gasteiger partial charge >= 0.3 is 23.9 Å². The summed E-state index contributed by atoms with van der Waals surface area (Å²) in [6.45, 7) is 4.60. The molecule has 0 aromatic rings. The maximum absolute atomic E-state index is 12.8. The molecule has 263 valence electrons. The second-order valence-corrected chi connectivity index (χ2v) is 11.7. The first kappa shape index (κ1) is 42.2. The van der Waals surface area contributed by atoms with Crippen LogP contribution < -0.4 is 10.6 Å². The zero-order valence-electron chi connectivity index (χ0n) is 26.3. The first-order valence-corrected chi connectivity index (χ1v) is 15.1. The van der Waals surface area contributed by atoms with Gasteiger partial charge in [0.1, 0.15) is 0 Å². The molecule has 0 aromatic heterocycles. The van der Waals surface area contributed by atoms with Gasteiger partial charge in [-0.1, -0.05) is 0 Å². The third-order valence-electron chi connectivity index (χ3n) is 7.54. The summed E-state index contributed by atoms with van der Waals surface area (Å²) in [5, 5.41) is 43.8. The van der Waals surface area contributed by atoms with E-state index in [0.29, 0.717) is 52.1 Å². The number of carboxylic acids is 4. The van der Waals surface area contributed by atoms with Gasteiger partial charge in [0.25, 0.3) is 0 Å². The third kappa shape index (κ3) is 20.8. The Morgan fingerprint density at radius 1 is 0.689 bits per heavy atom. The van der Waals surface area contributed by atoms with Crippen molar-refractivity contribution in [2.24, 2.45) is 0 Å². The smallest absolute Gasteiger partial charge is 0.359 e. The van der Waals surface area contributed by atoms with E-state index in [4.69, 9.17) is 0 Å². The molecule has 0 aromatic carbocycles. The molecule has 45 heavy (non-hydrogen) atoms. The topological polar surface area (TPSA) is 217 Å². The van der Waals surface area contributed by atoms with Crippen LogP contribution in [0.2, 0.25) is 0 Å². The molecule has 1 saturated heterocycles. The van der Waals surface area contributed by atoms with Gasteiger partial charge in [-0.05, 0) is 32.6 Å². The van der Waals surface area contributed by atoms with E-state index in [0.717, 1.165) is 19.3 Å². The Bertz CT molecular complexity index is 956. The summed E-state index contributed by atoms with van der Waals surface area (Å²) < 4.78 is -0.275. The Labute approximate surface area is 275 Å². The first-order valence-electron chi connectivity index (χ1n) is 15.1. The molecule has 17 heteroatoms. The van der Waals surface area contributed by atoms with Crippen molar-refractivity contribution in [2.75, 3.05) is 91.6 Å². The number of nitrogens with zero attached hydrogens (tertiary/aromatic N) is 4. The number of hydrogen-bond acceptors (Lipinski definition) is 9. The van der Waals surface area contributed by atoms with Crippen LogP contribution in [0.3, 0.4) is 0 Å². The van der Waals surface area contributed by atoms with Crippen molar-refractivity contribution in [3.05, 3.63) is 0 Å². The monoisotopic (exact) mass is 695 g/mol. The van der Waals surface area contributed by atoms with E-state index in [-0.39, 0.29) is 78.7 Å². The molecule has 1 radical (unpaired) electrons. The SMILES string of the molecule is CC(=O)N[C@H](C)CCCCNC(=O)CN1CCC[N+](CC(=O)O)(CC(=O)O)CCN(CC(=O)O)CCCN(CC(=O)O)CC1.[64Cu]. The number of nitrogens with one attached hydrogen (secondary N) is 2. The van der Waals surface area contributed by atoms with Crippen molar-refractivity contribution in [1.82, 2.24) is 25.3 Å². The molecule has 1 heterocycles. The molecule has 6 N–H and O–H groups in total. The predicted octanol–water partition coefficient (Wildman–Crippen LogP) is -1.35. The fourth-order valence-electron chi connectivity index (χ4n) is 5.52. The summed E-state index contributed by atoms with van der Waals surface area (Å²) in [5.41, 5.74) is 0. The van der Waals surface area contributed by atoms with Crippen LogP contribution in [0.15, 0.2) is 0 Å². The largest absolute Gasteiger partial charge is 0.480 e. The normalized spacial score (nSPS) is 18.0. The molecule has 2 amide bonds. The Balaban J connectivity index is 0.0000194. The Kier molecular flexibility index (Phi) is 21.2. The quantitative estimate of drug-likeness (QED) is 0.0627. The maximum Gasteiger partial charge on any atom is 0.359 e. The number of rotatable bonds is 16. The molecule has 16 nitrogen and oxygen atoms in total. The van der Waals surface area contributed by atoms with E-state index >= 15 is 0 Å². The summed E-state index contributed by atoms with van der Waals surface area (Å²) in [7, 11) is 0. The molecule has 0 unspecified atom stereocenters. The molecule has 0 saturated carbocycles. The van der Waals surface area contributed by atoms with Gasteiger partial charge in [-0.2, -0.15) is 0 Å². The fourth-order valence-corrected chi connectivity index (χ4v) is 5.52. The number of carboxylic acid groups (broad SMARTS) is 4. The Hall–Kier alpha value is -2.82. The van der Waals surface area contributed by atoms with Crippen molar-refractivity contribution >= 4 is 35.7 Å². The van der Waals surface area contributed by atoms with Gasteiger partial charge in [-0.3, -0.25) is 33.9 Å². The minimum atomic E-state index is -1.16. The zero-order chi connectivity index (χ0) is 33.1. The number of carbonyl (C=O) groups is 6. The van der Waals surface area contributed by atoms with E-state index in [1.165, 1.54) is 6.92 Å².